The molecule has 0 aliphatic carbocycles. The number of benzene rings is 1. The van der Waals surface area contributed by atoms with Gasteiger partial charge in [0.1, 0.15) is 6.07 Å². The van der Waals surface area contributed by atoms with Gasteiger partial charge in [0.15, 0.2) is 5.84 Å². The van der Waals surface area contributed by atoms with Gasteiger partial charge in [-0.15, -0.1) is 0 Å². The lowest BCUT2D eigenvalue weighted by molar-refractivity contribution is -0.137. The summed E-state index contributed by atoms with van der Waals surface area (Å²) in [5.74, 6) is -0.00771. The van der Waals surface area contributed by atoms with E-state index in [0.29, 0.717) is 13.1 Å². The fourth-order valence-electron chi connectivity index (χ4n) is 2.28. The summed E-state index contributed by atoms with van der Waals surface area (Å²) in [5.41, 5.74) is 1.58. The smallest absolute Gasteiger partial charge is 0.355 e. The zero-order valence-electron chi connectivity index (χ0n) is 12.3. The third kappa shape index (κ3) is 4.45. The molecule has 2 N–H and O–H groups in total. The van der Waals surface area contributed by atoms with E-state index in [0.717, 1.165) is 31.4 Å². The number of nitrogens with one attached hydrogen (secondary N) is 2. The average molecular weight is 323 g/mol. The summed E-state index contributed by atoms with van der Waals surface area (Å²) in [6.07, 6.45) is -1.46. The minimum atomic E-state index is -4.44. The van der Waals surface area contributed by atoms with E-state index in [1.54, 1.807) is 4.90 Å². The Balaban J connectivity index is 2.10. The zero-order chi connectivity index (χ0) is 16.9. The Kier molecular flexibility index (Phi) is 5.21. The molecule has 0 saturated carbocycles. The first-order valence-electron chi connectivity index (χ1n) is 7.17. The Bertz CT molecular complexity index is 639. The summed E-state index contributed by atoms with van der Waals surface area (Å²) in [4.78, 5) is 1.75. The molecule has 1 aromatic carbocycles. The molecule has 1 aliphatic rings. The monoisotopic (exact) mass is 323 g/mol. The summed E-state index contributed by atoms with van der Waals surface area (Å²) in [5, 5.41) is 20.9. The number of nitrogens with zero attached hydrogens (tertiary/aromatic N) is 3. The molecule has 1 aliphatic heterocycles. The molecule has 8 heteroatoms. The molecule has 0 atom stereocenters. The summed E-state index contributed by atoms with van der Waals surface area (Å²) in [7, 11) is 0. The van der Waals surface area contributed by atoms with Gasteiger partial charge in [-0.1, -0.05) is 6.07 Å². The lowest BCUT2D eigenvalue weighted by atomic mass is 10.1. The molecule has 0 spiro atoms. The second-order valence-electron chi connectivity index (χ2n) is 5.16. The number of halogens is 3. The van der Waals surface area contributed by atoms with Crippen LogP contribution < -0.4 is 5.43 Å². The van der Waals surface area contributed by atoms with Crippen molar-refractivity contribution in [3.63, 3.8) is 0 Å². The zero-order valence-corrected chi connectivity index (χ0v) is 12.3. The van der Waals surface area contributed by atoms with Crippen LogP contribution in [0.25, 0.3) is 0 Å². The van der Waals surface area contributed by atoms with Crippen molar-refractivity contribution >= 4 is 17.2 Å². The Labute approximate surface area is 131 Å². The van der Waals surface area contributed by atoms with Gasteiger partial charge in [-0.25, -0.2) is 0 Å². The van der Waals surface area contributed by atoms with Crippen molar-refractivity contribution in [2.24, 2.45) is 5.10 Å². The first-order valence-corrected chi connectivity index (χ1v) is 7.17. The second-order valence-corrected chi connectivity index (χ2v) is 5.16. The van der Waals surface area contributed by atoms with Crippen LogP contribution in [0.4, 0.5) is 18.9 Å². The van der Waals surface area contributed by atoms with Crippen LogP contribution in [-0.4, -0.2) is 29.5 Å². The number of hydrogen-bond donors (Lipinski definition) is 2. The highest BCUT2D eigenvalue weighted by Gasteiger charge is 2.30. The van der Waals surface area contributed by atoms with Crippen LogP contribution >= 0.6 is 0 Å². The van der Waals surface area contributed by atoms with E-state index in [4.69, 9.17) is 10.7 Å². The topological polar surface area (TPSA) is 75.3 Å². The van der Waals surface area contributed by atoms with E-state index in [-0.39, 0.29) is 17.2 Å². The van der Waals surface area contributed by atoms with Crippen LogP contribution in [-0.2, 0) is 6.18 Å². The van der Waals surface area contributed by atoms with Gasteiger partial charge in [-0.3, -0.25) is 10.8 Å². The highest BCUT2D eigenvalue weighted by Crippen LogP contribution is 2.30. The third-order valence-electron chi connectivity index (χ3n) is 3.49. The van der Waals surface area contributed by atoms with E-state index in [1.165, 1.54) is 12.1 Å². The maximum absolute atomic E-state index is 12.6. The van der Waals surface area contributed by atoms with Gasteiger partial charge in [0.25, 0.3) is 0 Å². The molecule has 0 unspecified atom stereocenters. The van der Waals surface area contributed by atoms with Crippen LogP contribution in [0.1, 0.15) is 24.8 Å². The molecule has 122 valence electrons. The lowest BCUT2D eigenvalue weighted by Gasteiger charge is -2.27. The molecular formula is C15H16F3N5. The van der Waals surface area contributed by atoms with Crippen molar-refractivity contribution in [3.8, 4) is 6.07 Å². The highest BCUT2D eigenvalue weighted by atomic mass is 19.4. The quantitative estimate of drug-likeness (QED) is 0.508. The third-order valence-corrected chi connectivity index (χ3v) is 3.49. The maximum Gasteiger partial charge on any atom is 0.416 e. The molecule has 23 heavy (non-hydrogen) atoms. The summed E-state index contributed by atoms with van der Waals surface area (Å²) in [6.45, 7) is 1.37. The molecule has 0 bridgehead atoms. The van der Waals surface area contributed by atoms with Crippen molar-refractivity contribution in [1.82, 2.24) is 4.90 Å². The predicted octanol–water partition coefficient (Wildman–Crippen LogP) is 3.46. The highest BCUT2D eigenvalue weighted by molar-refractivity contribution is 6.46. The molecule has 0 radical (unpaired) electrons. The largest absolute Gasteiger partial charge is 0.416 e. The number of likely N-dealkylation sites (tertiary alicyclic amines) is 1. The van der Waals surface area contributed by atoms with Crippen LogP contribution in [0.2, 0.25) is 0 Å². The van der Waals surface area contributed by atoms with E-state index in [2.05, 4.69) is 10.5 Å². The molecule has 1 fully saturated rings. The molecule has 0 amide bonds. The first kappa shape index (κ1) is 16.8. The fourth-order valence-corrected chi connectivity index (χ4v) is 2.28. The summed E-state index contributed by atoms with van der Waals surface area (Å²) in [6, 6.07) is 6.34. The fraction of sp³-hybridized carbons (Fsp3) is 0.400. The van der Waals surface area contributed by atoms with Crippen LogP contribution in [0.15, 0.2) is 29.4 Å². The molecule has 5 nitrogen and oxygen atoms in total. The van der Waals surface area contributed by atoms with Crippen molar-refractivity contribution in [2.45, 2.75) is 25.4 Å². The Morgan fingerprint density at radius 2 is 1.96 bits per heavy atom. The van der Waals surface area contributed by atoms with Gasteiger partial charge in [-0.05, 0) is 37.5 Å². The van der Waals surface area contributed by atoms with Crippen LogP contribution in [0, 0.1) is 16.7 Å². The summed E-state index contributed by atoms with van der Waals surface area (Å²) < 4.78 is 37.9. The Hall–Kier alpha value is -2.56. The first-order chi connectivity index (χ1) is 10.9. The molecule has 1 aromatic rings. The van der Waals surface area contributed by atoms with Crippen LogP contribution in [0.5, 0.6) is 0 Å². The summed E-state index contributed by atoms with van der Waals surface area (Å²) >= 11 is 0. The molecule has 2 rings (SSSR count). The number of rotatable bonds is 3. The number of nitriles is 1. The molecule has 0 aromatic heterocycles. The van der Waals surface area contributed by atoms with Crippen molar-refractivity contribution < 1.29 is 13.2 Å². The van der Waals surface area contributed by atoms with Crippen molar-refractivity contribution in [1.29, 1.82) is 10.7 Å². The van der Waals surface area contributed by atoms with Crippen molar-refractivity contribution in [3.05, 3.63) is 29.8 Å². The minimum absolute atomic E-state index is 0.00771. The van der Waals surface area contributed by atoms with Crippen LogP contribution in [0.3, 0.4) is 0 Å². The number of hydrogen-bond acceptors (Lipinski definition) is 4. The standard InChI is InChI=1S/C15H16F3N5/c16-15(17,18)11-5-4-6-12(9-11)21-22-13(10-19)14(20)23-7-2-1-3-8-23/h4-6,9,20-21H,1-3,7-8H2/b20-14?,22-13+. The number of alkyl halides is 3. The predicted molar refractivity (Wildman–Crippen MR) is 81.3 cm³/mol. The molecular weight excluding hydrogens is 307 g/mol. The number of anilines is 1. The lowest BCUT2D eigenvalue weighted by Crippen LogP contribution is -2.39. The number of piperidine rings is 1. The Morgan fingerprint density at radius 3 is 2.57 bits per heavy atom. The van der Waals surface area contributed by atoms with E-state index >= 15 is 0 Å². The Morgan fingerprint density at radius 1 is 1.26 bits per heavy atom. The van der Waals surface area contributed by atoms with Gasteiger partial charge in [0.05, 0.1) is 11.3 Å². The molecule has 1 saturated heterocycles. The average Bonchev–Trinajstić information content (AvgIpc) is 2.55. The molecule has 1 heterocycles. The normalized spacial score (nSPS) is 15.9. The number of hydrazone groups is 1. The van der Waals surface area contributed by atoms with Gasteiger partial charge >= 0.3 is 6.18 Å². The van der Waals surface area contributed by atoms with Gasteiger partial charge < -0.3 is 4.90 Å². The van der Waals surface area contributed by atoms with E-state index in [9.17, 15) is 13.2 Å². The SMILES string of the molecule is N#C/C(=N\Nc1cccc(C(F)(F)F)c1)C(=N)N1CCCCC1. The minimum Gasteiger partial charge on any atom is -0.355 e. The van der Waals surface area contributed by atoms with Gasteiger partial charge in [-0.2, -0.15) is 23.5 Å². The van der Waals surface area contributed by atoms with Gasteiger partial charge in [0, 0.05) is 13.1 Å². The van der Waals surface area contributed by atoms with E-state index in [1.807, 2.05) is 6.07 Å². The van der Waals surface area contributed by atoms with Crippen molar-refractivity contribution in [2.75, 3.05) is 18.5 Å². The van der Waals surface area contributed by atoms with E-state index < -0.39 is 11.7 Å². The van der Waals surface area contributed by atoms with Gasteiger partial charge in [0.2, 0.25) is 5.71 Å². The maximum atomic E-state index is 12.6. The number of amidine groups is 1. The second kappa shape index (κ2) is 7.13.